The van der Waals surface area contributed by atoms with Crippen LogP contribution in [0.3, 0.4) is 0 Å². The SMILES string of the molecule is CCC12COC(=O)N1CCN(c1cc(OC)nc(N)n1)C2. The molecule has 1 unspecified atom stereocenters. The van der Waals surface area contributed by atoms with E-state index in [0.29, 0.717) is 37.9 Å². The Morgan fingerprint density at radius 3 is 3.00 bits per heavy atom. The second kappa shape index (κ2) is 4.94. The minimum Gasteiger partial charge on any atom is -0.481 e. The quantitative estimate of drug-likeness (QED) is 0.866. The number of carbonyl (C=O) groups is 1. The van der Waals surface area contributed by atoms with Gasteiger partial charge in [-0.15, -0.1) is 0 Å². The lowest BCUT2D eigenvalue weighted by Crippen LogP contribution is -2.61. The molecule has 1 atom stereocenters. The van der Waals surface area contributed by atoms with Crippen molar-refractivity contribution in [3.8, 4) is 5.88 Å². The highest BCUT2D eigenvalue weighted by molar-refractivity contribution is 5.72. The minimum atomic E-state index is -0.289. The molecule has 2 saturated heterocycles. The maximum absolute atomic E-state index is 11.8. The number of carbonyl (C=O) groups excluding carboxylic acids is 1. The summed E-state index contributed by atoms with van der Waals surface area (Å²) in [6, 6.07) is 1.76. The summed E-state index contributed by atoms with van der Waals surface area (Å²) in [5.41, 5.74) is 5.43. The number of rotatable bonds is 3. The van der Waals surface area contributed by atoms with Gasteiger partial charge in [0.1, 0.15) is 12.4 Å². The smallest absolute Gasteiger partial charge is 0.410 e. The number of nitrogens with zero attached hydrogens (tertiary/aromatic N) is 4. The van der Waals surface area contributed by atoms with Gasteiger partial charge >= 0.3 is 6.09 Å². The van der Waals surface area contributed by atoms with Crippen LogP contribution in [0.15, 0.2) is 6.07 Å². The molecule has 1 aromatic heterocycles. The Morgan fingerprint density at radius 2 is 2.29 bits per heavy atom. The molecule has 1 amide bonds. The lowest BCUT2D eigenvalue weighted by atomic mass is 9.93. The summed E-state index contributed by atoms with van der Waals surface area (Å²) in [6.07, 6.45) is 0.601. The van der Waals surface area contributed by atoms with Gasteiger partial charge in [0.05, 0.1) is 12.6 Å². The summed E-state index contributed by atoms with van der Waals surface area (Å²) in [7, 11) is 1.54. The van der Waals surface area contributed by atoms with Crippen molar-refractivity contribution in [3.05, 3.63) is 6.07 Å². The van der Waals surface area contributed by atoms with Crippen molar-refractivity contribution in [1.82, 2.24) is 14.9 Å². The summed E-state index contributed by atoms with van der Waals surface area (Å²) in [5.74, 6) is 1.33. The van der Waals surface area contributed by atoms with Crippen molar-refractivity contribution in [2.24, 2.45) is 0 Å². The number of nitrogens with two attached hydrogens (primary N) is 1. The third kappa shape index (κ3) is 2.20. The summed E-state index contributed by atoms with van der Waals surface area (Å²) in [5, 5.41) is 0. The number of cyclic esters (lactones) is 1. The summed E-state index contributed by atoms with van der Waals surface area (Å²) >= 11 is 0. The standard InChI is InChI=1S/C13H19N5O3/c1-3-13-7-17(4-5-18(13)12(19)21-8-13)9-6-10(20-2)16-11(14)15-9/h6H,3-5,7-8H2,1-2H3,(H2,14,15,16). The molecule has 0 aliphatic carbocycles. The Balaban J connectivity index is 1.88. The molecule has 0 spiro atoms. The molecule has 0 saturated carbocycles. The Hall–Kier alpha value is -2.25. The molecule has 2 N–H and O–H groups in total. The van der Waals surface area contributed by atoms with Crippen LogP contribution in [0, 0.1) is 0 Å². The van der Waals surface area contributed by atoms with Crippen LogP contribution in [0.25, 0.3) is 0 Å². The van der Waals surface area contributed by atoms with Gasteiger partial charge in [0.25, 0.3) is 0 Å². The zero-order valence-electron chi connectivity index (χ0n) is 12.2. The molecule has 3 rings (SSSR count). The Labute approximate surface area is 122 Å². The van der Waals surface area contributed by atoms with Crippen LogP contribution < -0.4 is 15.4 Å². The van der Waals surface area contributed by atoms with Gasteiger partial charge in [0, 0.05) is 25.7 Å². The van der Waals surface area contributed by atoms with Gasteiger partial charge in [-0.25, -0.2) is 4.79 Å². The molecule has 0 aromatic carbocycles. The summed E-state index contributed by atoms with van der Waals surface area (Å²) in [6.45, 7) is 4.42. The van der Waals surface area contributed by atoms with Crippen molar-refractivity contribution in [1.29, 1.82) is 0 Å². The normalized spacial score (nSPS) is 24.8. The number of aromatic nitrogens is 2. The van der Waals surface area contributed by atoms with Crippen molar-refractivity contribution in [3.63, 3.8) is 0 Å². The van der Waals surface area contributed by atoms with Gasteiger partial charge in [-0.1, -0.05) is 6.92 Å². The molecule has 114 valence electrons. The van der Waals surface area contributed by atoms with Crippen LogP contribution >= 0.6 is 0 Å². The predicted molar refractivity (Wildman–Crippen MR) is 76.3 cm³/mol. The lowest BCUT2D eigenvalue weighted by Gasteiger charge is -2.44. The second-order valence-electron chi connectivity index (χ2n) is 5.33. The van der Waals surface area contributed by atoms with Crippen LogP contribution in [0.4, 0.5) is 16.6 Å². The first-order chi connectivity index (χ1) is 10.1. The highest BCUT2D eigenvalue weighted by atomic mass is 16.6. The third-order valence-corrected chi connectivity index (χ3v) is 4.23. The first-order valence-corrected chi connectivity index (χ1v) is 6.96. The summed E-state index contributed by atoms with van der Waals surface area (Å²) in [4.78, 5) is 24.0. The van der Waals surface area contributed by atoms with Crippen molar-refractivity contribution in [2.75, 3.05) is 44.0 Å². The van der Waals surface area contributed by atoms with E-state index in [1.54, 1.807) is 13.2 Å². The van der Waals surface area contributed by atoms with E-state index < -0.39 is 0 Å². The maximum Gasteiger partial charge on any atom is 0.410 e. The molecule has 21 heavy (non-hydrogen) atoms. The minimum absolute atomic E-state index is 0.177. The first kappa shape index (κ1) is 13.7. The van der Waals surface area contributed by atoms with E-state index in [9.17, 15) is 4.79 Å². The van der Waals surface area contributed by atoms with Crippen LogP contribution in [0.2, 0.25) is 0 Å². The van der Waals surface area contributed by atoms with Gasteiger partial charge in [-0.3, -0.25) is 4.90 Å². The Bertz CT molecular complexity index is 567. The fourth-order valence-electron chi connectivity index (χ4n) is 2.96. The maximum atomic E-state index is 11.8. The third-order valence-electron chi connectivity index (χ3n) is 4.23. The zero-order valence-corrected chi connectivity index (χ0v) is 12.2. The highest BCUT2D eigenvalue weighted by Crippen LogP contribution is 2.33. The molecular weight excluding hydrogens is 274 g/mol. The van der Waals surface area contributed by atoms with E-state index in [-0.39, 0.29) is 17.6 Å². The number of nitrogen functional groups attached to an aromatic ring is 1. The van der Waals surface area contributed by atoms with Crippen LogP contribution in [0.5, 0.6) is 5.88 Å². The largest absolute Gasteiger partial charge is 0.481 e. The number of fused-ring (bicyclic) bond motifs is 1. The van der Waals surface area contributed by atoms with Gasteiger partial charge in [0.15, 0.2) is 0 Å². The van der Waals surface area contributed by atoms with Crippen LogP contribution in [0.1, 0.15) is 13.3 Å². The fourth-order valence-corrected chi connectivity index (χ4v) is 2.96. The van der Waals surface area contributed by atoms with Gasteiger partial charge in [0.2, 0.25) is 11.8 Å². The van der Waals surface area contributed by atoms with Crippen LogP contribution in [-0.2, 0) is 4.74 Å². The van der Waals surface area contributed by atoms with Gasteiger partial charge in [-0.2, -0.15) is 9.97 Å². The van der Waals surface area contributed by atoms with Crippen molar-refractivity contribution >= 4 is 17.9 Å². The predicted octanol–water partition coefficient (Wildman–Crippen LogP) is 0.488. The summed E-state index contributed by atoms with van der Waals surface area (Å²) < 4.78 is 10.4. The molecule has 8 heteroatoms. The molecule has 3 heterocycles. The van der Waals surface area contributed by atoms with E-state index in [0.717, 1.165) is 6.42 Å². The van der Waals surface area contributed by atoms with Gasteiger partial charge < -0.3 is 20.1 Å². The van der Waals surface area contributed by atoms with Crippen molar-refractivity contribution in [2.45, 2.75) is 18.9 Å². The monoisotopic (exact) mass is 293 g/mol. The molecule has 1 aromatic rings. The number of ether oxygens (including phenoxy) is 2. The Morgan fingerprint density at radius 1 is 1.48 bits per heavy atom. The molecule has 2 aliphatic rings. The number of amides is 1. The molecule has 0 radical (unpaired) electrons. The number of methoxy groups -OCH3 is 1. The molecule has 2 aliphatic heterocycles. The van der Waals surface area contributed by atoms with E-state index in [1.807, 2.05) is 4.90 Å². The second-order valence-corrected chi connectivity index (χ2v) is 5.33. The van der Waals surface area contributed by atoms with Gasteiger partial charge in [-0.05, 0) is 6.42 Å². The van der Waals surface area contributed by atoms with E-state index in [4.69, 9.17) is 15.2 Å². The topological polar surface area (TPSA) is 93.8 Å². The lowest BCUT2D eigenvalue weighted by molar-refractivity contribution is 0.137. The molecule has 0 bridgehead atoms. The molecule has 2 fully saturated rings. The Kier molecular flexibility index (Phi) is 3.23. The van der Waals surface area contributed by atoms with E-state index in [1.165, 1.54) is 0 Å². The fraction of sp³-hybridized carbons (Fsp3) is 0.615. The number of hydrogen-bond acceptors (Lipinski definition) is 7. The van der Waals surface area contributed by atoms with E-state index in [2.05, 4.69) is 21.8 Å². The number of hydrogen-bond donors (Lipinski definition) is 1. The van der Waals surface area contributed by atoms with E-state index >= 15 is 0 Å². The molecule has 8 nitrogen and oxygen atoms in total. The molecular formula is C13H19N5O3. The highest BCUT2D eigenvalue weighted by Gasteiger charge is 2.49. The van der Waals surface area contributed by atoms with Crippen molar-refractivity contribution < 1.29 is 14.3 Å². The average Bonchev–Trinajstić information content (AvgIpc) is 2.84. The average molecular weight is 293 g/mol. The first-order valence-electron chi connectivity index (χ1n) is 6.96. The number of anilines is 2. The number of piperazine rings is 1. The van der Waals surface area contributed by atoms with Crippen LogP contribution in [-0.4, -0.2) is 59.9 Å². The zero-order chi connectivity index (χ0) is 15.0.